The molecular formula is C20H20N6O. The van der Waals surface area contributed by atoms with Gasteiger partial charge in [0.1, 0.15) is 5.82 Å². The van der Waals surface area contributed by atoms with Crippen LogP contribution in [-0.2, 0) is 6.42 Å². The number of aromatic nitrogens is 5. The fourth-order valence-electron chi connectivity index (χ4n) is 3.89. The van der Waals surface area contributed by atoms with Crippen LogP contribution in [0.5, 0.6) is 0 Å². The molecule has 0 bridgehead atoms. The van der Waals surface area contributed by atoms with Gasteiger partial charge in [-0.25, -0.2) is 14.5 Å². The highest BCUT2D eigenvalue weighted by Gasteiger charge is 2.27. The van der Waals surface area contributed by atoms with Gasteiger partial charge in [0.2, 0.25) is 0 Å². The largest absolute Gasteiger partial charge is 0.342 e. The number of nitrogens with zero attached hydrogens (tertiary/aromatic N) is 5. The van der Waals surface area contributed by atoms with E-state index in [4.69, 9.17) is 0 Å². The second-order valence-electron chi connectivity index (χ2n) is 7.12. The Kier molecular flexibility index (Phi) is 3.85. The van der Waals surface area contributed by atoms with Gasteiger partial charge in [-0.2, -0.15) is 5.10 Å². The number of aromatic amines is 1. The molecule has 1 aromatic carbocycles. The van der Waals surface area contributed by atoms with Gasteiger partial charge < -0.3 is 9.88 Å². The summed E-state index contributed by atoms with van der Waals surface area (Å²) in [6.45, 7) is 1.51. The van der Waals surface area contributed by atoms with E-state index >= 15 is 0 Å². The number of piperidine rings is 1. The second-order valence-corrected chi connectivity index (χ2v) is 7.12. The van der Waals surface area contributed by atoms with Crippen LogP contribution in [0.3, 0.4) is 0 Å². The number of hydrogen-bond acceptors (Lipinski definition) is 4. The summed E-state index contributed by atoms with van der Waals surface area (Å²) in [5, 5.41) is 4.37. The number of rotatable bonds is 3. The fourth-order valence-corrected chi connectivity index (χ4v) is 3.89. The van der Waals surface area contributed by atoms with Crippen LogP contribution in [0.25, 0.3) is 16.7 Å². The number of fused-ring (bicyclic) bond motifs is 2. The average Bonchev–Trinajstić information content (AvgIpc) is 3.31. The van der Waals surface area contributed by atoms with E-state index in [0.29, 0.717) is 17.3 Å². The molecule has 1 amide bonds. The first-order valence-electron chi connectivity index (χ1n) is 9.29. The van der Waals surface area contributed by atoms with Crippen molar-refractivity contribution in [3.63, 3.8) is 0 Å². The summed E-state index contributed by atoms with van der Waals surface area (Å²) in [4.78, 5) is 27.1. The van der Waals surface area contributed by atoms with E-state index in [1.54, 1.807) is 29.0 Å². The minimum absolute atomic E-state index is 0.0187. The Morgan fingerprint density at radius 3 is 3.07 bits per heavy atom. The Labute approximate surface area is 156 Å². The van der Waals surface area contributed by atoms with Crippen LogP contribution in [0.4, 0.5) is 0 Å². The molecule has 1 unspecified atom stereocenters. The lowest BCUT2D eigenvalue weighted by atomic mass is 9.94. The molecule has 5 rings (SSSR count). The van der Waals surface area contributed by atoms with E-state index in [-0.39, 0.29) is 5.91 Å². The summed E-state index contributed by atoms with van der Waals surface area (Å²) in [7, 11) is 0. The quantitative estimate of drug-likeness (QED) is 0.609. The van der Waals surface area contributed by atoms with Crippen LogP contribution in [0.2, 0.25) is 0 Å². The van der Waals surface area contributed by atoms with E-state index in [1.807, 2.05) is 29.2 Å². The Bertz CT molecular complexity index is 1050. The molecule has 0 spiro atoms. The number of carbonyl (C=O) groups is 1. The number of nitrogens with one attached hydrogen (secondary N) is 1. The lowest BCUT2D eigenvalue weighted by molar-refractivity contribution is 0.0666. The number of amides is 1. The van der Waals surface area contributed by atoms with E-state index in [1.165, 1.54) is 0 Å². The molecule has 1 saturated heterocycles. The first-order chi connectivity index (χ1) is 13.3. The molecule has 27 heavy (non-hydrogen) atoms. The standard InChI is InChI=1S/C20H20N6O/c27-20(17-12-19-21-8-4-10-26(19)24-17)25-9-3-5-14(13-25)11-18-22-15-6-1-2-7-16(15)23-18/h1-2,4,6-8,10,12,14H,3,5,9,11,13H2,(H,22,23). The predicted molar refractivity (Wildman–Crippen MR) is 101 cm³/mol. The molecule has 136 valence electrons. The minimum Gasteiger partial charge on any atom is -0.342 e. The minimum atomic E-state index is -0.0187. The molecule has 7 nitrogen and oxygen atoms in total. The highest BCUT2D eigenvalue weighted by molar-refractivity contribution is 5.93. The topological polar surface area (TPSA) is 79.2 Å². The molecule has 1 fully saturated rings. The Balaban J connectivity index is 1.31. The highest BCUT2D eigenvalue weighted by Crippen LogP contribution is 2.22. The van der Waals surface area contributed by atoms with E-state index in [9.17, 15) is 4.79 Å². The molecule has 1 N–H and O–H groups in total. The van der Waals surface area contributed by atoms with Crippen LogP contribution in [0.15, 0.2) is 48.8 Å². The summed E-state index contributed by atoms with van der Waals surface area (Å²) < 4.78 is 1.64. The van der Waals surface area contributed by atoms with Gasteiger partial charge in [-0.15, -0.1) is 0 Å². The molecule has 4 aromatic rings. The van der Waals surface area contributed by atoms with Gasteiger partial charge in [0.05, 0.1) is 11.0 Å². The van der Waals surface area contributed by atoms with E-state index in [2.05, 4.69) is 20.1 Å². The number of para-hydroxylation sites is 2. The van der Waals surface area contributed by atoms with Crippen molar-refractivity contribution in [1.29, 1.82) is 0 Å². The molecule has 4 heterocycles. The van der Waals surface area contributed by atoms with Crippen LogP contribution < -0.4 is 0 Å². The van der Waals surface area contributed by atoms with Crippen molar-refractivity contribution < 1.29 is 4.79 Å². The van der Waals surface area contributed by atoms with Crippen molar-refractivity contribution in [1.82, 2.24) is 29.5 Å². The Hall–Kier alpha value is -3.22. The predicted octanol–water partition coefficient (Wildman–Crippen LogP) is 2.70. The number of likely N-dealkylation sites (tertiary alicyclic amines) is 1. The number of hydrogen-bond donors (Lipinski definition) is 1. The number of imidazole rings is 1. The zero-order valence-electron chi connectivity index (χ0n) is 14.9. The molecule has 3 aromatic heterocycles. The van der Waals surface area contributed by atoms with E-state index < -0.39 is 0 Å². The number of benzene rings is 1. The SMILES string of the molecule is O=C(c1cc2ncccn2n1)N1CCCC(Cc2nc3ccccc3[nH]2)C1. The van der Waals surface area contributed by atoms with Gasteiger partial charge in [0.25, 0.3) is 5.91 Å². The van der Waals surface area contributed by atoms with Crippen LogP contribution in [0, 0.1) is 5.92 Å². The van der Waals surface area contributed by atoms with Gasteiger partial charge >= 0.3 is 0 Å². The zero-order chi connectivity index (χ0) is 18.2. The maximum Gasteiger partial charge on any atom is 0.274 e. The third-order valence-electron chi connectivity index (χ3n) is 5.18. The molecular weight excluding hydrogens is 340 g/mol. The maximum absolute atomic E-state index is 12.9. The zero-order valence-corrected chi connectivity index (χ0v) is 14.9. The van der Waals surface area contributed by atoms with Gasteiger partial charge in [0.15, 0.2) is 11.3 Å². The Morgan fingerprint density at radius 2 is 2.19 bits per heavy atom. The van der Waals surface area contributed by atoms with Crippen LogP contribution in [0.1, 0.15) is 29.2 Å². The summed E-state index contributed by atoms with van der Waals surface area (Å²) in [6.07, 6.45) is 6.47. The smallest absolute Gasteiger partial charge is 0.274 e. The molecule has 0 radical (unpaired) electrons. The van der Waals surface area contributed by atoms with Crippen LogP contribution >= 0.6 is 0 Å². The lowest BCUT2D eigenvalue weighted by Gasteiger charge is -2.32. The van der Waals surface area contributed by atoms with Gasteiger partial charge in [-0.3, -0.25) is 4.79 Å². The normalized spacial score (nSPS) is 17.6. The first kappa shape index (κ1) is 16.0. The van der Waals surface area contributed by atoms with Crippen LogP contribution in [-0.4, -0.2) is 48.5 Å². The molecule has 7 heteroatoms. The molecule has 0 saturated carbocycles. The van der Waals surface area contributed by atoms with Crippen molar-refractivity contribution >= 4 is 22.6 Å². The number of H-pyrrole nitrogens is 1. The van der Waals surface area contributed by atoms with Gasteiger partial charge in [0, 0.05) is 38.0 Å². The van der Waals surface area contributed by atoms with Crippen molar-refractivity contribution in [3.05, 3.63) is 60.3 Å². The summed E-state index contributed by atoms with van der Waals surface area (Å²) in [5.74, 6) is 1.38. The molecule has 1 aliphatic rings. The summed E-state index contributed by atoms with van der Waals surface area (Å²) in [6, 6.07) is 11.6. The molecule has 0 aliphatic carbocycles. The van der Waals surface area contributed by atoms with Crippen molar-refractivity contribution in [2.75, 3.05) is 13.1 Å². The maximum atomic E-state index is 12.9. The Morgan fingerprint density at radius 1 is 1.26 bits per heavy atom. The van der Waals surface area contributed by atoms with Gasteiger partial charge in [-0.1, -0.05) is 12.1 Å². The summed E-state index contributed by atoms with van der Waals surface area (Å²) in [5.41, 5.74) is 3.21. The average molecular weight is 360 g/mol. The third-order valence-corrected chi connectivity index (χ3v) is 5.18. The second kappa shape index (κ2) is 6.50. The highest BCUT2D eigenvalue weighted by atomic mass is 16.2. The monoisotopic (exact) mass is 360 g/mol. The fraction of sp³-hybridized carbons (Fsp3) is 0.300. The van der Waals surface area contributed by atoms with E-state index in [0.717, 1.165) is 49.2 Å². The number of carbonyl (C=O) groups excluding carboxylic acids is 1. The lowest BCUT2D eigenvalue weighted by Crippen LogP contribution is -2.40. The van der Waals surface area contributed by atoms with Crippen molar-refractivity contribution in [3.8, 4) is 0 Å². The van der Waals surface area contributed by atoms with Gasteiger partial charge in [-0.05, 0) is 37.0 Å². The van der Waals surface area contributed by atoms with Crippen molar-refractivity contribution in [2.45, 2.75) is 19.3 Å². The molecule has 1 atom stereocenters. The summed E-state index contributed by atoms with van der Waals surface area (Å²) >= 11 is 0. The van der Waals surface area contributed by atoms with Crippen molar-refractivity contribution in [2.24, 2.45) is 5.92 Å². The third kappa shape index (κ3) is 3.05. The first-order valence-corrected chi connectivity index (χ1v) is 9.29. The molecule has 1 aliphatic heterocycles.